The molecular formula is C21H22F6N6O3. The van der Waals surface area contributed by atoms with Crippen molar-refractivity contribution in [1.29, 1.82) is 0 Å². The van der Waals surface area contributed by atoms with Gasteiger partial charge < -0.3 is 24.4 Å². The van der Waals surface area contributed by atoms with Crippen molar-refractivity contribution in [1.82, 2.24) is 19.9 Å². The molecule has 2 saturated heterocycles. The fourth-order valence-electron chi connectivity index (χ4n) is 4.18. The zero-order chi connectivity index (χ0) is 26.1. The third-order valence-corrected chi connectivity index (χ3v) is 6.09. The number of halogens is 6. The second kappa shape index (κ2) is 9.85. The molecule has 2 aromatic rings. The molecule has 0 aliphatic carbocycles. The van der Waals surface area contributed by atoms with Gasteiger partial charge in [0, 0.05) is 51.3 Å². The number of nitrogens with zero attached hydrogens (tertiary/aromatic N) is 5. The van der Waals surface area contributed by atoms with E-state index in [2.05, 4.69) is 15.0 Å². The minimum Gasteiger partial charge on any atom is -0.447 e. The highest BCUT2D eigenvalue weighted by atomic mass is 19.4. The van der Waals surface area contributed by atoms with Crippen LogP contribution in [0.2, 0.25) is 0 Å². The number of alkyl halides is 6. The predicted molar refractivity (Wildman–Crippen MR) is 115 cm³/mol. The molecule has 9 nitrogen and oxygen atoms in total. The van der Waals surface area contributed by atoms with Crippen LogP contribution in [0.5, 0.6) is 0 Å². The van der Waals surface area contributed by atoms with E-state index in [1.807, 2.05) is 0 Å². The van der Waals surface area contributed by atoms with Crippen LogP contribution in [-0.4, -0.2) is 71.3 Å². The van der Waals surface area contributed by atoms with Gasteiger partial charge in [-0.25, -0.2) is 14.8 Å². The van der Waals surface area contributed by atoms with Crippen molar-refractivity contribution in [3.63, 3.8) is 0 Å². The monoisotopic (exact) mass is 520 g/mol. The highest BCUT2D eigenvalue weighted by molar-refractivity contribution is 5.68. The van der Waals surface area contributed by atoms with Crippen molar-refractivity contribution in [2.45, 2.75) is 31.2 Å². The summed E-state index contributed by atoms with van der Waals surface area (Å²) in [6.45, 7) is 1.42. The van der Waals surface area contributed by atoms with E-state index in [4.69, 9.17) is 4.74 Å². The van der Waals surface area contributed by atoms with Crippen LogP contribution in [0.4, 0.5) is 42.8 Å². The number of nitrogens with one attached hydrogen (secondary N) is 1. The van der Waals surface area contributed by atoms with E-state index in [1.54, 1.807) is 9.80 Å². The fraction of sp³-hybridized carbons (Fsp3) is 0.524. The highest BCUT2D eigenvalue weighted by Gasteiger charge is 2.36. The second-order valence-corrected chi connectivity index (χ2v) is 8.41. The van der Waals surface area contributed by atoms with Crippen molar-refractivity contribution < 1.29 is 35.9 Å². The second-order valence-electron chi connectivity index (χ2n) is 8.41. The average Bonchev–Trinajstić information content (AvgIpc) is 3.30. The smallest absolute Gasteiger partial charge is 0.421 e. The van der Waals surface area contributed by atoms with Crippen LogP contribution in [0, 0.1) is 0 Å². The van der Waals surface area contributed by atoms with Gasteiger partial charge in [0.2, 0.25) is 5.95 Å². The van der Waals surface area contributed by atoms with E-state index in [0.717, 1.165) is 6.07 Å². The molecule has 0 bridgehead atoms. The zero-order valence-corrected chi connectivity index (χ0v) is 18.8. The van der Waals surface area contributed by atoms with E-state index >= 15 is 0 Å². The van der Waals surface area contributed by atoms with Gasteiger partial charge >= 0.3 is 18.4 Å². The molecule has 196 valence electrons. The molecule has 4 rings (SSSR count). The number of ether oxygens (including phenoxy) is 1. The van der Waals surface area contributed by atoms with E-state index in [-0.39, 0.29) is 50.5 Å². The summed E-state index contributed by atoms with van der Waals surface area (Å²) in [5.41, 5.74) is -3.29. The highest BCUT2D eigenvalue weighted by Crippen LogP contribution is 2.31. The van der Waals surface area contributed by atoms with Gasteiger partial charge in [0.25, 0.3) is 5.56 Å². The molecule has 2 aliphatic rings. The number of hydrogen-bond acceptors (Lipinski definition) is 7. The fourth-order valence-corrected chi connectivity index (χ4v) is 4.18. The van der Waals surface area contributed by atoms with E-state index in [9.17, 15) is 35.9 Å². The van der Waals surface area contributed by atoms with Gasteiger partial charge in [-0.1, -0.05) is 0 Å². The lowest BCUT2D eigenvalue weighted by molar-refractivity contribution is -0.139. The minimum absolute atomic E-state index is 0.0540. The topological polar surface area (TPSA) is 94.7 Å². The molecule has 0 spiro atoms. The maximum absolute atomic E-state index is 13.1. The van der Waals surface area contributed by atoms with Gasteiger partial charge in [-0.2, -0.15) is 26.3 Å². The van der Waals surface area contributed by atoms with Crippen LogP contribution in [0.3, 0.4) is 0 Å². The Morgan fingerprint density at radius 1 is 1.03 bits per heavy atom. The lowest BCUT2D eigenvalue weighted by Crippen LogP contribution is -2.50. The summed E-state index contributed by atoms with van der Waals surface area (Å²) in [5, 5.41) is 0. The zero-order valence-electron chi connectivity index (χ0n) is 18.8. The summed E-state index contributed by atoms with van der Waals surface area (Å²) in [6, 6.07) is 0.435. The van der Waals surface area contributed by atoms with Gasteiger partial charge in [0.15, 0.2) is 0 Å². The van der Waals surface area contributed by atoms with Gasteiger partial charge in [0.1, 0.15) is 12.2 Å². The average molecular weight is 520 g/mol. The van der Waals surface area contributed by atoms with Crippen LogP contribution >= 0.6 is 0 Å². The first-order valence-corrected chi connectivity index (χ1v) is 11.1. The molecule has 2 aromatic heterocycles. The number of piperazine rings is 1. The molecule has 0 unspecified atom stereocenters. The third-order valence-electron chi connectivity index (χ3n) is 6.09. The number of aromatic amines is 1. The van der Waals surface area contributed by atoms with Crippen LogP contribution < -0.4 is 15.4 Å². The molecule has 4 heterocycles. The molecule has 1 amide bonds. The Balaban J connectivity index is 1.30. The van der Waals surface area contributed by atoms with Crippen LogP contribution in [0.25, 0.3) is 0 Å². The number of rotatable bonds is 4. The maximum atomic E-state index is 13.1. The number of aromatic nitrogens is 3. The van der Waals surface area contributed by atoms with Crippen LogP contribution in [0.1, 0.15) is 24.0 Å². The van der Waals surface area contributed by atoms with Gasteiger partial charge in [-0.05, 0) is 18.9 Å². The normalized spacial score (nSPS) is 19.1. The summed E-state index contributed by atoms with van der Waals surface area (Å²) < 4.78 is 82.7. The maximum Gasteiger partial charge on any atom is 0.421 e. The molecule has 1 atom stereocenters. The molecule has 0 saturated carbocycles. The Kier molecular flexibility index (Phi) is 7.00. The lowest BCUT2D eigenvalue weighted by Gasteiger charge is -2.34. The Bertz CT molecular complexity index is 1130. The molecule has 2 fully saturated rings. The first-order valence-electron chi connectivity index (χ1n) is 11.1. The largest absolute Gasteiger partial charge is 0.447 e. The number of anilines is 2. The number of carbonyl (C=O) groups excluding carboxylic acids is 1. The molecular weight excluding hydrogens is 498 g/mol. The van der Waals surface area contributed by atoms with Gasteiger partial charge in [0.05, 0.1) is 17.3 Å². The Hall–Kier alpha value is -3.52. The number of H-pyrrole nitrogens is 1. The van der Waals surface area contributed by atoms with Gasteiger partial charge in [-0.15, -0.1) is 0 Å². The quantitative estimate of drug-likeness (QED) is 0.620. The van der Waals surface area contributed by atoms with Crippen LogP contribution in [0.15, 0.2) is 29.5 Å². The third kappa shape index (κ3) is 5.65. The Morgan fingerprint density at radius 3 is 2.31 bits per heavy atom. The van der Waals surface area contributed by atoms with E-state index in [0.29, 0.717) is 31.8 Å². The molecule has 0 aromatic carbocycles. The van der Waals surface area contributed by atoms with Gasteiger partial charge in [-0.3, -0.25) is 4.79 Å². The summed E-state index contributed by atoms with van der Waals surface area (Å²) >= 11 is 0. The van der Waals surface area contributed by atoms with Crippen LogP contribution in [-0.2, 0) is 17.1 Å². The molecule has 1 N–H and O–H groups in total. The molecule has 15 heteroatoms. The van der Waals surface area contributed by atoms with E-state index in [1.165, 1.54) is 11.1 Å². The number of hydrogen-bond donors (Lipinski definition) is 1. The van der Waals surface area contributed by atoms with Crippen molar-refractivity contribution in [3.05, 3.63) is 46.1 Å². The number of pyridine rings is 1. The standard InChI is InChI=1S/C21H22F6N6O3/c22-20(23,24)13-9-29-18(30-10-13)31-4-6-32(7-5-31)19(35)36-12-14-2-1-3-33(14)15-8-16(21(25,26)27)17(34)28-11-15/h8-11,14H,1-7,12H2,(H,28,34)/t14-/m1/s1. The van der Waals surface area contributed by atoms with Crippen molar-refractivity contribution >= 4 is 17.7 Å². The summed E-state index contributed by atoms with van der Waals surface area (Å²) in [6.07, 6.45) is -6.05. The van der Waals surface area contributed by atoms with Crippen molar-refractivity contribution in [2.24, 2.45) is 0 Å². The Labute approximate surface area is 200 Å². The molecule has 36 heavy (non-hydrogen) atoms. The van der Waals surface area contributed by atoms with E-state index < -0.39 is 35.1 Å². The Morgan fingerprint density at radius 2 is 1.69 bits per heavy atom. The number of carbonyl (C=O) groups is 1. The lowest BCUT2D eigenvalue weighted by atomic mass is 10.2. The predicted octanol–water partition coefficient (Wildman–Crippen LogP) is 3.13. The summed E-state index contributed by atoms with van der Waals surface area (Å²) in [5.74, 6) is 0.122. The van der Waals surface area contributed by atoms with Crippen molar-refractivity contribution in [2.75, 3.05) is 49.1 Å². The number of amides is 1. The summed E-state index contributed by atoms with van der Waals surface area (Å²) in [4.78, 5) is 38.5. The summed E-state index contributed by atoms with van der Waals surface area (Å²) in [7, 11) is 0. The first-order chi connectivity index (χ1) is 16.9. The molecule has 2 aliphatic heterocycles. The first kappa shape index (κ1) is 25.6. The molecule has 0 radical (unpaired) electrons. The van der Waals surface area contributed by atoms with Crippen molar-refractivity contribution in [3.8, 4) is 0 Å². The SMILES string of the molecule is O=C(OC[C@H]1CCCN1c1c[nH]c(=O)c(C(F)(F)F)c1)N1CCN(c2ncc(C(F)(F)F)cn2)CC1. The minimum atomic E-state index is -4.79.